The van der Waals surface area contributed by atoms with Crippen molar-refractivity contribution >= 4 is 23.8 Å². The lowest BCUT2D eigenvalue weighted by Crippen LogP contribution is -2.27. The fourth-order valence-electron chi connectivity index (χ4n) is 2.71. The van der Waals surface area contributed by atoms with E-state index in [1.807, 2.05) is 61.5 Å². The van der Waals surface area contributed by atoms with Gasteiger partial charge in [-0.3, -0.25) is 0 Å². The summed E-state index contributed by atoms with van der Waals surface area (Å²) in [6, 6.07) is 23.0. The zero-order valence-electron chi connectivity index (χ0n) is 13.1. The first kappa shape index (κ1) is 16.7. The Hall–Kier alpha value is -2.12. The minimum atomic E-state index is -4.37. The zero-order valence-corrected chi connectivity index (χ0v) is 14.0. The van der Waals surface area contributed by atoms with Crippen molar-refractivity contribution in [2.45, 2.75) is 13.1 Å². The second-order valence-electron chi connectivity index (χ2n) is 5.47. The van der Waals surface area contributed by atoms with Crippen LogP contribution < -0.4 is 15.9 Å². The molecule has 0 saturated carbocycles. The number of alkyl halides is 3. The Balaban J connectivity index is 2.27. The number of hydrogen-bond acceptors (Lipinski definition) is 0. The molecule has 0 aromatic heterocycles. The standard InChI is InChI=1S/C20H16F3P/c1-15-9-5-7-13-18(15)24(16-10-3-2-4-11-16)19-14-8-6-12-17(19)20(21,22)23/h2-14H,1H3. The normalized spacial score (nSPS) is 12.8. The number of halogens is 3. The van der Waals surface area contributed by atoms with Gasteiger partial charge in [-0.05, 0) is 42.4 Å². The SMILES string of the molecule is Cc1ccccc1P(c1ccccc1)c1ccccc1C(F)(F)F. The minimum absolute atomic E-state index is 0.348. The molecule has 0 saturated heterocycles. The highest BCUT2D eigenvalue weighted by Gasteiger charge is 2.35. The molecule has 1 unspecified atom stereocenters. The molecule has 0 bridgehead atoms. The van der Waals surface area contributed by atoms with E-state index in [1.54, 1.807) is 12.1 Å². The van der Waals surface area contributed by atoms with E-state index >= 15 is 0 Å². The van der Waals surface area contributed by atoms with E-state index < -0.39 is 19.7 Å². The fourth-order valence-corrected chi connectivity index (χ4v) is 5.33. The Labute approximate surface area is 140 Å². The van der Waals surface area contributed by atoms with Crippen LogP contribution in [0.15, 0.2) is 78.9 Å². The molecule has 0 aliphatic rings. The molecule has 0 amide bonds. The molecule has 0 aliphatic carbocycles. The highest BCUT2D eigenvalue weighted by atomic mass is 31.1. The van der Waals surface area contributed by atoms with E-state index in [9.17, 15) is 13.2 Å². The van der Waals surface area contributed by atoms with Gasteiger partial charge in [-0.2, -0.15) is 13.2 Å². The molecule has 0 heterocycles. The van der Waals surface area contributed by atoms with Gasteiger partial charge in [-0.1, -0.05) is 72.8 Å². The maximum atomic E-state index is 13.6. The molecule has 3 aromatic rings. The Morgan fingerprint density at radius 2 is 1.21 bits per heavy atom. The van der Waals surface area contributed by atoms with Gasteiger partial charge in [-0.15, -0.1) is 0 Å². The third-order valence-electron chi connectivity index (χ3n) is 3.82. The van der Waals surface area contributed by atoms with Gasteiger partial charge in [0.2, 0.25) is 0 Å². The van der Waals surface area contributed by atoms with Gasteiger partial charge < -0.3 is 0 Å². The smallest absolute Gasteiger partial charge is 0.166 e. The van der Waals surface area contributed by atoms with Gasteiger partial charge in [0.05, 0.1) is 5.56 Å². The Morgan fingerprint density at radius 3 is 1.83 bits per heavy atom. The lowest BCUT2D eigenvalue weighted by atomic mass is 10.2. The molecule has 3 aromatic carbocycles. The van der Waals surface area contributed by atoms with Crippen molar-refractivity contribution in [3.63, 3.8) is 0 Å². The van der Waals surface area contributed by atoms with Crippen molar-refractivity contribution in [3.05, 3.63) is 90.0 Å². The van der Waals surface area contributed by atoms with Crippen LogP contribution in [-0.2, 0) is 6.18 Å². The van der Waals surface area contributed by atoms with Crippen LogP contribution in [0, 0.1) is 6.92 Å². The first-order valence-corrected chi connectivity index (χ1v) is 8.89. The average Bonchev–Trinajstić information content (AvgIpc) is 2.57. The highest BCUT2D eigenvalue weighted by Crippen LogP contribution is 2.39. The first-order chi connectivity index (χ1) is 11.5. The quantitative estimate of drug-likeness (QED) is 0.600. The minimum Gasteiger partial charge on any atom is -0.166 e. The topological polar surface area (TPSA) is 0 Å². The van der Waals surface area contributed by atoms with Crippen LogP contribution in [0.1, 0.15) is 11.1 Å². The summed E-state index contributed by atoms with van der Waals surface area (Å²) in [5.41, 5.74) is 0.452. The van der Waals surface area contributed by atoms with Crippen LogP contribution in [0.4, 0.5) is 13.2 Å². The zero-order chi connectivity index (χ0) is 17.2. The first-order valence-electron chi connectivity index (χ1n) is 7.55. The molecule has 0 N–H and O–H groups in total. The largest absolute Gasteiger partial charge is 0.417 e. The summed E-state index contributed by atoms with van der Waals surface area (Å²) in [4.78, 5) is 0. The summed E-state index contributed by atoms with van der Waals surface area (Å²) in [5, 5.41) is 2.22. The van der Waals surface area contributed by atoms with E-state index in [4.69, 9.17) is 0 Å². The van der Waals surface area contributed by atoms with Crippen molar-refractivity contribution in [3.8, 4) is 0 Å². The molecular formula is C20H16F3P. The summed E-state index contributed by atoms with van der Waals surface area (Å²) in [6.45, 7) is 1.95. The molecule has 1 atom stereocenters. The molecule has 0 spiro atoms. The van der Waals surface area contributed by atoms with Gasteiger partial charge in [0.25, 0.3) is 0 Å². The number of benzene rings is 3. The lowest BCUT2D eigenvalue weighted by Gasteiger charge is -2.24. The van der Waals surface area contributed by atoms with Crippen molar-refractivity contribution in [2.24, 2.45) is 0 Å². The van der Waals surface area contributed by atoms with Crippen molar-refractivity contribution in [1.29, 1.82) is 0 Å². The monoisotopic (exact) mass is 344 g/mol. The second-order valence-corrected chi connectivity index (χ2v) is 7.62. The molecule has 0 fully saturated rings. The lowest BCUT2D eigenvalue weighted by molar-refractivity contribution is -0.136. The summed E-state index contributed by atoms with van der Waals surface area (Å²) in [5.74, 6) is 0. The molecule has 0 radical (unpaired) electrons. The van der Waals surface area contributed by atoms with Gasteiger partial charge >= 0.3 is 6.18 Å². The molecule has 24 heavy (non-hydrogen) atoms. The maximum absolute atomic E-state index is 13.6. The summed E-state index contributed by atoms with van der Waals surface area (Å²) < 4.78 is 40.7. The van der Waals surface area contributed by atoms with E-state index in [0.717, 1.165) is 16.2 Å². The van der Waals surface area contributed by atoms with Crippen LogP contribution >= 0.6 is 7.92 Å². The molecule has 122 valence electrons. The fraction of sp³-hybridized carbons (Fsp3) is 0.100. The second kappa shape index (κ2) is 6.78. The van der Waals surface area contributed by atoms with Crippen molar-refractivity contribution in [1.82, 2.24) is 0 Å². The third-order valence-corrected chi connectivity index (χ3v) is 6.49. The van der Waals surface area contributed by atoms with Crippen LogP contribution in [0.3, 0.4) is 0 Å². The van der Waals surface area contributed by atoms with E-state index in [0.29, 0.717) is 5.30 Å². The number of aryl methyl sites for hydroxylation is 1. The van der Waals surface area contributed by atoms with Crippen molar-refractivity contribution < 1.29 is 13.2 Å². The summed E-state index contributed by atoms with van der Waals surface area (Å²) in [7, 11) is -1.27. The number of rotatable bonds is 3. The van der Waals surface area contributed by atoms with E-state index in [2.05, 4.69) is 0 Å². The predicted molar refractivity (Wildman–Crippen MR) is 94.9 cm³/mol. The molecule has 0 nitrogen and oxygen atoms in total. The van der Waals surface area contributed by atoms with Gasteiger partial charge in [0, 0.05) is 0 Å². The van der Waals surface area contributed by atoms with E-state index in [-0.39, 0.29) is 0 Å². The average molecular weight is 344 g/mol. The van der Waals surface area contributed by atoms with Crippen molar-refractivity contribution in [2.75, 3.05) is 0 Å². The molecule has 4 heteroatoms. The van der Waals surface area contributed by atoms with Gasteiger partial charge in [0.15, 0.2) is 0 Å². The molecule has 3 rings (SSSR count). The van der Waals surface area contributed by atoms with Crippen LogP contribution in [0.25, 0.3) is 0 Å². The summed E-state index contributed by atoms with van der Waals surface area (Å²) in [6.07, 6.45) is -4.37. The van der Waals surface area contributed by atoms with Crippen LogP contribution in [0.2, 0.25) is 0 Å². The van der Waals surface area contributed by atoms with Gasteiger partial charge in [-0.25, -0.2) is 0 Å². The Morgan fingerprint density at radius 1 is 0.667 bits per heavy atom. The Bertz CT molecular complexity index is 826. The summed E-state index contributed by atoms with van der Waals surface area (Å²) >= 11 is 0. The maximum Gasteiger partial charge on any atom is 0.417 e. The molecule has 0 aliphatic heterocycles. The highest BCUT2D eigenvalue weighted by molar-refractivity contribution is 7.80. The van der Waals surface area contributed by atoms with Crippen LogP contribution in [-0.4, -0.2) is 0 Å². The third kappa shape index (κ3) is 3.37. The predicted octanol–water partition coefficient (Wildman–Crippen LogP) is 4.77. The van der Waals surface area contributed by atoms with Gasteiger partial charge in [0.1, 0.15) is 0 Å². The van der Waals surface area contributed by atoms with E-state index in [1.165, 1.54) is 12.1 Å². The number of hydrogen-bond donors (Lipinski definition) is 0. The van der Waals surface area contributed by atoms with Crippen LogP contribution in [0.5, 0.6) is 0 Å². The Kier molecular flexibility index (Phi) is 4.73. The molecular weight excluding hydrogens is 328 g/mol.